The van der Waals surface area contributed by atoms with Gasteiger partial charge in [-0.2, -0.15) is 0 Å². The molecule has 2 aliphatic heterocycles. The summed E-state index contributed by atoms with van der Waals surface area (Å²) in [6.45, 7) is 1.89. The summed E-state index contributed by atoms with van der Waals surface area (Å²) in [5.41, 5.74) is 0.604. The summed E-state index contributed by atoms with van der Waals surface area (Å²) in [4.78, 5) is 14.4. The highest BCUT2D eigenvalue weighted by Gasteiger charge is 2.36. The van der Waals surface area contributed by atoms with Crippen molar-refractivity contribution in [1.29, 1.82) is 0 Å². The lowest BCUT2D eigenvalue weighted by molar-refractivity contribution is -0.0973. The first-order valence-corrected chi connectivity index (χ1v) is 8.58. The van der Waals surface area contributed by atoms with E-state index in [4.69, 9.17) is 21.1 Å². The largest absolute Gasteiger partial charge is 0.348 e. The number of rotatable bonds is 2. The molecule has 2 saturated heterocycles. The van der Waals surface area contributed by atoms with Crippen LogP contribution in [0.25, 0.3) is 0 Å². The van der Waals surface area contributed by atoms with Gasteiger partial charge in [-0.1, -0.05) is 27.5 Å². The first-order valence-electron chi connectivity index (χ1n) is 7.41. The molecule has 1 aromatic rings. The molecule has 2 aliphatic rings. The van der Waals surface area contributed by atoms with Gasteiger partial charge in [0.2, 0.25) is 0 Å². The number of ether oxygens (including phenoxy) is 2. The summed E-state index contributed by atoms with van der Waals surface area (Å²) >= 11 is 9.52. The van der Waals surface area contributed by atoms with Gasteiger partial charge in [0.25, 0.3) is 0 Å². The number of nitrogens with one attached hydrogen (secondary N) is 1. The summed E-state index contributed by atoms with van der Waals surface area (Å²) in [5.74, 6) is 0. The Morgan fingerprint density at radius 3 is 2.82 bits per heavy atom. The van der Waals surface area contributed by atoms with Gasteiger partial charge in [0.05, 0.1) is 30.0 Å². The van der Waals surface area contributed by atoms with E-state index in [-0.39, 0.29) is 18.4 Å². The van der Waals surface area contributed by atoms with Crippen LogP contribution in [0.1, 0.15) is 19.3 Å². The van der Waals surface area contributed by atoms with Crippen LogP contribution in [0.4, 0.5) is 10.5 Å². The lowest BCUT2D eigenvalue weighted by Crippen LogP contribution is -2.51. The molecular formula is C15H18BrClN2O3. The third kappa shape index (κ3) is 3.56. The fraction of sp³-hybridized carbons (Fsp3) is 0.533. The van der Waals surface area contributed by atoms with E-state index in [1.54, 1.807) is 17.0 Å². The van der Waals surface area contributed by atoms with Crippen LogP contribution in [0.2, 0.25) is 5.02 Å². The van der Waals surface area contributed by atoms with E-state index in [0.29, 0.717) is 30.5 Å². The van der Waals surface area contributed by atoms with Crippen LogP contribution in [0.5, 0.6) is 0 Å². The molecule has 5 nitrogen and oxygen atoms in total. The number of nitrogens with zero attached hydrogens (tertiary/aromatic N) is 1. The number of hydrogen-bond donors (Lipinski definition) is 1. The molecule has 1 unspecified atom stereocenters. The Kier molecular flexibility index (Phi) is 5.23. The van der Waals surface area contributed by atoms with Crippen LogP contribution >= 0.6 is 27.5 Å². The van der Waals surface area contributed by atoms with Gasteiger partial charge >= 0.3 is 6.03 Å². The normalized spacial score (nSPS) is 22.8. The predicted octanol–water partition coefficient (Wildman–Crippen LogP) is 3.86. The van der Waals surface area contributed by atoms with Crippen LogP contribution in [0, 0.1) is 0 Å². The SMILES string of the molecule is O=C(Nc1ccc(Br)cc1Cl)N1CCCCC1C1OCCO1. The zero-order valence-corrected chi connectivity index (χ0v) is 14.4. The van der Waals surface area contributed by atoms with Crippen molar-refractivity contribution in [3.05, 3.63) is 27.7 Å². The second kappa shape index (κ2) is 7.17. The molecule has 0 spiro atoms. The maximum atomic E-state index is 12.6. The lowest BCUT2D eigenvalue weighted by Gasteiger charge is -2.37. The van der Waals surface area contributed by atoms with Gasteiger partial charge in [-0.25, -0.2) is 4.79 Å². The zero-order chi connectivity index (χ0) is 15.5. The second-order valence-electron chi connectivity index (χ2n) is 5.42. The van der Waals surface area contributed by atoms with Crippen LogP contribution in [0.15, 0.2) is 22.7 Å². The molecule has 120 valence electrons. The van der Waals surface area contributed by atoms with Gasteiger partial charge in [0.1, 0.15) is 0 Å². The molecule has 1 atom stereocenters. The summed E-state index contributed by atoms with van der Waals surface area (Å²) in [6, 6.07) is 5.19. The highest BCUT2D eigenvalue weighted by Crippen LogP contribution is 2.28. The third-order valence-corrected chi connectivity index (χ3v) is 4.75. The van der Waals surface area contributed by atoms with E-state index in [2.05, 4.69) is 21.2 Å². The molecule has 0 radical (unpaired) electrons. The Labute approximate surface area is 143 Å². The molecule has 0 aliphatic carbocycles. The molecule has 0 aromatic heterocycles. The number of likely N-dealkylation sites (tertiary alicyclic amines) is 1. The second-order valence-corrected chi connectivity index (χ2v) is 6.74. The van der Waals surface area contributed by atoms with Crippen LogP contribution in [-0.2, 0) is 9.47 Å². The Hall–Kier alpha value is -0.820. The van der Waals surface area contributed by atoms with Crippen LogP contribution in [0.3, 0.4) is 0 Å². The third-order valence-electron chi connectivity index (χ3n) is 3.94. The number of amides is 2. The topological polar surface area (TPSA) is 50.8 Å². The number of benzene rings is 1. The molecule has 1 N–H and O–H groups in total. The predicted molar refractivity (Wildman–Crippen MR) is 88.2 cm³/mol. The number of piperidine rings is 1. The average molecular weight is 390 g/mol. The highest BCUT2D eigenvalue weighted by atomic mass is 79.9. The number of carbonyl (C=O) groups is 1. The fourth-order valence-corrected chi connectivity index (χ4v) is 3.59. The smallest absolute Gasteiger partial charge is 0.322 e. The molecule has 2 amide bonds. The fourth-order valence-electron chi connectivity index (χ4n) is 2.87. The Balaban J connectivity index is 1.71. The number of urea groups is 1. The molecule has 2 fully saturated rings. The summed E-state index contributed by atoms with van der Waals surface area (Å²) in [6.07, 6.45) is 2.65. The van der Waals surface area contributed by atoms with Gasteiger partial charge < -0.3 is 19.7 Å². The van der Waals surface area contributed by atoms with Crippen molar-refractivity contribution < 1.29 is 14.3 Å². The van der Waals surface area contributed by atoms with E-state index < -0.39 is 0 Å². The van der Waals surface area contributed by atoms with Crippen molar-refractivity contribution >= 4 is 39.2 Å². The molecule has 7 heteroatoms. The first kappa shape index (κ1) is 16.1. The quantitative estimate of drug-likeness (QED) is 0.835. The standard InChI is InChI=1S/C15H18BrClN2O3/c16-10-4-5-12(11(17)9-10)18-15(20)19-6-2-1-3-13(19)14-21-7-8-22-14/h4-5,9,13-14H,1-3,6-8H2,(H,18,20). The Morgan fingerprint density at radius 2 is 2.09 bits per heavy atom. The Bertz CT molecular complexity index is 552. The van der Waals surface area contributed by atoms with Crippen molar-refractivity contribution in [2.24, 2.45) is 0 Å². The van der Waals surface area contributed by atoms with Crippen molar-refractivity contribution in [2.75, 3.05) is 25.1 Å². The van der Waals surface area contributed by atoms with Crippen LogP contribution < -0.4 is 5.32 Å². The maximum Gasteiger partial charge on any atom is 0.322 e. The summed E-state index contributed by atoms with van der Waals surface area (Å²) in [7, 11) is 0. The summed E-state index contributed by atoms with van der Waals surface area (Å²) < 4.78 is 12.0. The lowest BCUT2D eigenvalue weighted by atomic mass is 10.0. The Morgan fingerprint density at radius 1 is 1.32 bits per heavy atom. The van der Waals surface area contributed by atoms with E-state index in [9.17, 15) is 4.79 Å². The minimum Gasteiger partial charge on any atom is -0.348 e. The van der Waals surface area contributed by atoms with Crippen molar-refractivity contribution in [1.82, 2.24) is 4.90 Å². The number of halogens is 2. The van der Waals surface area contributed by atoms with E-state index >= 15 is 0 Å². The number of carbonyl (C=O) groups excluding carboxylic acids is 1. The molecular weight excluding hydrogens is 372 g/mol. The molecule has 1 aromatic carbocycles. The van der Waals surface area contributed by atoms with Gasteiger partial charge in [-0.15, -0.1) is 0 Å². The van der Waals surface area contributed by atoms with E-state index in [1.807, 2.05) is 6.07 Å². The minimum absolute atomic E-state index is 0.0366. The van der Waals surface area contributed by atoms with Crippen molar-refractivity contribution in [2.45, 2.75) is 31.6 Å². The zero-order valence-electron chi connectivity index (χ0n) is 12.1. The van der Waals surface area contributed by atoms with Crippen LogP contribution in [-0.4, -0.2) is 43.0 Å². The highest BCUT2D eigenvalue weighted by molar-refractivity contribution is 9.10. The number of anilines is 1. The first-order chi connectivity index (χ1) is 10.6. The molecule has 22 heavy (non-hydrogen) atoms. The van der Waals surface area contributed by atoms with Gasteiger partial charge in [0, 0.05) is 11.0 Å². The number of hydrogen-bond acceptors (Lipinski definition) is 3. The monoisotopic (exact) mass is 388 g/mol. The van der Waals surface area contributed by atoms with Crippen molar-refractivity contribution in [3.8, 4) is 0 Å². The maximum absolute atomic E-state index is 12.6. The average Bonchev–Trinajstić information content (AvgIpc) is 3.04. The molecule has 3 rings (SSSR count). The summed E-state index contributed by atoms with van der Waals surface area (Å²) in [5, 5.41) is 3.39. The molecule has 2 heterocycles. The molecule has 0 bridgehead atoms. The van der Waals surface area contributed by atoms with Gasteiger partial charge in [-0.3, -0.25) is 0 Å². The van der Waals surface area contributed by atoms with Gasteiger partial charge in [0.15, 0.2) is 6.29 Å². The van der Waals surface area contributed by atoms with Crippen molar-refractivity contribution in [3.63, 3.8) is 0 Å². The minimum atomic E-state index is -0.313. The van der Waals surface area contributed by atoms with E-state index in [0.717, 1.165) is 23.7 Å². The van der Waals surface area contributed by atoms with Gasteiger partial charge in [-0.05, 0) is 37.5 Å². The molecule has 0 saturated carbocycles. The van der Waals surface area contributed by atoms with E-state index in [1.165, 1.54) is 0 Å².